The van der Waals surface area contributed by atoms with E-state index in [1.807, 2.05) is 6.07 Å². The molecule has 1 aromatic carbocycles. The Morgan fingerprint density at radius 1 is 1.09 bits per heavy atom. The van der Waals surface area contributed by atoms with E-state index in [2.05, 4.69) is 10.3 Å². The molecule has 3 rings (SSSR count). The fraction of sp³-hybridized carbons (Fsp3) is 0.353. The lowest BCUT2D eigenvalue weighted by Crippen LogP contribution is -2.27. The van der Waals surface area contributed by atoms with Gasteiger partial charge in [0.15, 0.2) is 17.4 Å². The summed E-state index contributed by atoms with van der Waals surface area (Å²) in [6.45, 7) is 1.77. The zero-order chi connectivity index (χ0) is 16.2. The molecule has 23 heavy (non-hydrogen) atoms. The molecule has 1 aliphatic heterocycles. The number of halogens is 3. The first-order valence-corrected chi connectivity index (χ1v) is 7.57. The number of nitrogens with zero attached hydrogens (tertiary/aromatic N) is 1. The lowest BCUT2D eigenvalue weighted by Gasteiger charge is -2.24. The molecule has 1 aromatic heterocycles. The van der Waals surface area contributed by atoms with Crippen LogP contribution >= 0.6 is 0 Å². The smallest absolute Gasteiger partial charge is 0.203 e. The third-order valence-corrected chi connectivity index (χ3v) is 4.03. The molecule has 0 spiro atoms. The molecule has 0 aliphatic carbocycles. The van der Waals surface area contributed by atoms with Crippen LogP contribution in [0.25, 0.3) is 0 Å². The predicted molar refractivity (Wildman–Crippen MR) is 79.7 cm³/mol. The summed E-state index contributed by atoms with van der Waals surface area (Å²) < 4.78 is 45.7. The van der Waals surface area contributed by atoms with Crippen LogP contribution in [0.1, 0.15) is 30.0 Å². The van der Waals surface area contributed by atoms with Crippen molar-refractivity contribution in [3.8, 4) is 5.75 Å². The zero-order valence-electron chi connectivity index (χ0n) is 12.5. The first-order valence-electron chi connectivity index (χ1n) is 7.57. The molecule has 0 bridgehead atoms. The van der Waals surface area contributed by atoms with Crippen molar-refractivity contribution in [2.45, 2.75) is 25.4 Å². The number of rotatable bonds is 4. The van der Waals surface area contributed by atoms with E-state index in [9.17, 15) is 13.2 Å². The van der Waals surface area contributed by atoms with E-state index in [0.29, 0.717) is 5.92 Å². The summed E-state index contributed by atoms with van der Waals surface area (Å²) in [6.07, 6.45) is 3.60. The first-order chi connectivity index (χ1) is 11.2. The van der Waals surface area contributed by atoms with Crippen molar-refractivity contribution < 1.29 is 17.9 Å². The van der Waals surface area contributed by atoms with Crippen LogP contribution < -0.4 is 10.1 Å². The minimum absolute atomic E-state index is 0.0512. The summed E-state index contributed by atoms with van der Waals surface area (Å²) in [5.74, 6) is -3.76. The number of hydrogen-bond acceptors (Lipinski definition) is 3. The summed E-state index contributed by atoms with van der Waals surface area (Å²) in [4.78, 5) is 4.41. The molecule has 2 heterocycles. The molecule has 0 unspecified atom stereocenters. The van der Waals surface area contributed by atoms with Crippen LogP contribution in [0.15, 0.2) is 30.5 Å². The monoisotopic (exact) mass is 322 g/mol. The SMILES string of the molecule is Fc1ccc(F)c(OCc2cccnc2C2CCNCC2)c1F. The molecule has 6 heteroatoms. The van der Waals surface area contributed by atoms with Crippen molar-refractivity contribution in [1.29, 1.82) is 0 Å². The van der Waals surface area contributed by atoms with E-state index in [-0.39, 0.29) is 6.61 Å². The Bertz CT molecular complexity index is 688. The third-order valence-electron chi connectivity index (χ3n) is 4.03. The highest BCUT2D eigenvalue weighted by Gasteiger charge is 2.21. The quantitative estimate of drug-likeness (QED) is 0.874. The second-order valence-corrected chi connectivity index (χ2v) is 5.53. The van der Waals surface area contributed by atoms with Gasteiger partial charge in [0.2, 0.25) is 5.82 Å². The number of aromatic nitrogens is 1. The third kappa shape index (κ3) is 3.47. The van der Waals surface area contributed by atoms with Gasteiger partial charge in [0.25, 0.3) is 0 Å². The highest BCUT2D eigenvalue weighted by Crippen LogP contribution is 2.28. The topological polar surface area (TPSA) is 34.1 Å². The van der Waals surface area contributed by atoms with E-state index in [0.717, 1.165) is 49.3 Å². The van der Waals surface area contributed by atoms with Gasteiger partial charge in [-0.1, -0.05) is 6.07 Å². The lowest BCUT2D eigenvalue weighted by atomic mass is 9.91. The van der Waals surface area contributed by atoms with E-state index in [1.165, 1.54) is 0 Å². The van der Waals surface area contributed by atoms with Crippen LogP contribution in [0.5, 0.6) is 5.75 Å². The summed E-state index contributed by atoms with van der Waals surface area (Å²) >= 11 is 0. The number of nitrogens with one attached hydrogen (secondary N) is 1. The van der Waals surface area contributed by atoms with Crippen LogP contribution in [0, 0.1) is 17.5 Å². The number of ether oxygens (including phenoxy) is 1. The van der Waals surface area contributed by atoms with E-state index in [4.69, 9.17) is 4.74 Å². The van der Waals surface area contributed by atoms with Crippen molar-refractivity contribution in [3.63, 3.8) is 0 Å². The van der Waals surface area contributed by atoms with Crippen molar-refractivity contribution in [2.24, 2.45) is 0 Å². The van der Waals surface area contributed by atoms with Gasteiger partial charge in [-0.25, -0.2) is 8.78 Å². The van der Waals surface area contributed by atoms with Gasteiger partial charge >= 0.3 is 0 Å². The molecule has 0 atom stereocenters. The van der Waals surface area contributed by atoms with Gasteiger partial charge in [0.05, 0.1) is 5.69 Å². The molecule has 122 valence electrons. The Morgan fingerprint density at radius 2 is 1.83 bits per heavy atom. The average Bonchev–Trinajstić information content (AvgIpc) is 2.59. The minimum Gasteiger partial charge on any atom is -0.483 e. The van der Waals surface area contributed by atoms with E-state index >= 15 is 0 Å². The summed E-state index contributed by atoms with van der Waals surface area (Å²) in [6, 6.07) is 5.16. The number of hydrogen-bond donors (Lipinski definition) is 1. The van der Waals surface area contributed by atoms with E-state index in [1.54, 1.807) is 12.3 Å². The Hall–Kier alpha value is -2.08. The molecule has 2 aromatic rings. The Morgan fingerprint density at radius 3 is 2.61 bits per heavy atom. The molecule has 0 radical (unpaired) electrons. The summed E-state index contributed by atoms with van der Waals surface area (Å²) in [5.41, 5.74) is 1.65. The maximum atomic E-state index is 13.7. The van der Waals surface area contributed by atoms with Crippen LogP contribution in [0.3, 0.4) is 0 Å². The molecule has 0 saturated carbocycles. The van der Waals surface area contributed by atoms with Gasteiger partial charge in [0, 0.05) is 17.7 Å². The van der Waals surface area contributed by atoms with Gasteiger partial charge < -0.3 is 10.1 Å². The maximum absolute atomic E-state index is 13.7. The summed E-state index contributed by atoms with van der Waals surface area (Å²) in [5, 5.41) is 3.28. The standard InChI is InChI=1S/C17H17F3N2O/c18-13-3-4-14(19)17(15(13)20)23-10-12-2-1-7-22-16(12)11-5-8-21-9-6-11/h1-4,7,11,21H,5-6,8-10H2. The van der Waals surface area contributed by atoms with Crippen LogP contribution in [-0.2, 0) is 6.61 Å². The second kappa shape index (κ2) is 7.00. The first kappa shape index (κ1) is 15.8. The van der Waals surface area contributed by atoms with Gasteiger partial charge in [-0.2, -0.15) is 4.39 Å². The molecule has 1 fully saturated rings. The number of piperidine rings is 1. The van der Waals surface area contributed by atoms with Crippen LogP contribution in [-0.4, -0.2) is 18.1 Å². The van der Waals surface area contributed by atoms with Gasteiger partial charge in [0.1, 0.15) is 6.61 Å². The van der Waals surface area contributed by atoms with Crippen molar-refractivity contribution in [3.05, 3.63) is 59.2 Å². The molecular formula is C17H17F3N2O. The Balaban J connectivity index is 1.80. The molecule has 1 aliphatic rings. The fourth-order valence-electron chi connectivity index (χ4n) is 2.83. The number of benzene rings is 1. The molecule has 1 N–H and O–H groups in total. The molecule has 0 amide bonds. The van der Waals surface area contributed by atoms with Crippen molar-refractivity contribution in [2.75, 3.05) is 13.1 Å². The molecular weight excluding hydrogens is 305 g/mol. The van der Waals surface area contributed by atoms with Crippen LogP contribution in [0.4, 0.5) is 13.2 Å². The predicted octanol–water partition coefficient (Wildman–Crippen LogP) is 3.54. The lowest BCUT2D eigenvalue weighted by molar-refractivity contribution is 0.265. The summed E-state index contributed by atoms with van der Waals surface area (Å²) in [7, 11) is 0. The average molecular weight is 322 g/mol. The van der Waals surface area contributed by atoms with E-state index < -0.39 is 23.2 Å². The fourth-order valence-corrected chi connectivity index (χ4v) is 2.83. The van der Waals surface area contributed by atoms with Gasteiger partial charge in [-0.15, -0.1) is 0 Å². The Labute approximate surface area is 132 Å². The van der Waals surface area contributed by atoms with Crippen LogP contribution in [0.2, 0.25) is 0 Å². The number of pyridine rings is 1. The Kier molecular flexibility index (Phi) is 4.81. The highest BCUT2D eigenvalue weighted by atomic mass is 19.2. The zero-order valence-corrected chi connectivity index (χ0v) is 12.5. The largest absolute Gasteiger partial charge is 0.483 e. The molecule has 3 nitrogen and oxygen atoms in total. The second-order valence-electron chi connectivity index (χ2n) is 5.53. The van der Waals surface area contributed by atoms with Gasteiger partial charge in [-0.05, 0) is 44.1 Å². The van der Waals surface area contributed by atoms with Gasteiger partial charge in [-0.3, -0.25) is 4.98 Å². The molecule has 1 saturated heterocycles. The minimum atomic E-state index is -1.31. The van der Waals surface area contributed by atoms with Crippen molar-refractivity contribution in [1.82, 2.24) is 10.3 Å². The maximum Gasteiger partial charge on any atom is 0.203 e. The van der Waals surface area contributed by atoms with Crippen molar-refractivity contribution >= 4 is 0 Å². The highest BCUT2D eigenvalue weighted by molar-refractivity contribution is 5.29. The normalized spacial score (nSPS) is 15.6.